The molecule has 0 spiro atoms. The molecule has 2 aromatic carbocycles. The van der Waals surface area contributed by atoms with Gasteiger partial charge in [0.15, 0.2) is 0 Å². The van der Waals surface area contributed by atoms with Crippen molar-refractivity contribution in [1.29, 1.82) is 0 Å². The Morgan fingerprint density at radius 3 is 2.62 bits per heavy atom. The number of hydrogen-bond acceptors (Lipinski definition) is 5. The summed E-state index contributed by atoms with van der Waals surface area (Å²) < 4.78 is 5.31. The van der Waals surface area contributed by atoms with E-state index in [0.717, 1.165) is 22.6 Å². The molecule has 5 rings (SSSR count). The van der Waals surface area contributed by atoms with E-state index in [0.29, 0.717) is 36.8 Å². The highest BCUT2D eigenvalue weighted by Crippen LogP contribution is 2.55. The molecule has 2 heterocycles. The number of rotatable bonds is 5. The zero-order valence-electron chi connectivity index (χ0n) is 17.7. The third kappa shape index (κ3) is 3.46. The Labute approximate surface area is 191 Å². The first kappa shape index (κ1) is 20.7. The SMILES string of the molecule is COc1cccc(N2CCN(C(=O)CC3=C(C(=O)O)NC4c5ccc(Cl)cc5[C@H]34)CC2)c1. The minimum absolute atomic E-state index is 0.0398. The van der Waals surface area contributed by atoms with Crippen LogP contribution in [0.4, 0.5) is 5.69 Å². The van der Waals surface area contributed by atoms with Gasteiger partial charge in [-0.3, -0.25) is 4.79 Å². The molecule has 0 saturated carbocycles. The molecule has 8 heteroatoms. The topological polar surface area (TPSA) is 82.1 Å². The number of amides is 1. The number of carbonyl (C=O) groups is 2. The molecule has 1 amide bonds. The molecule has 166 valence electrons. The Balaban J connectivity index is 1.28. The maximum Gasteiger partial charge on any atom is 0.351 e. The van der Waals surface area contributed by atoms with Gasteiger partial charge in [-0.1, -0.05) is 23.7 Å². The molecule has 0 radical (unpaired) electrons. The average molecular weight is 454 g/mol. The molecule has 32 heavy (non-hydrogen) atoms. The Morgan fingerprint density at radius 1 is 1.12 bits per heavy atom. The second-order valence-corrected chi connectivity index (χ2v) is 8.76. The van der Waals surface area contributed by atoms with Gasteiger partial charge in [0.25, 0.3) is 0 Å². The number of aliphatic carboxylic acids is 1. The van der Waals surface area contributed by atoms with Gasteiger partial charge in [-0.25, -0.2) is 4.79 Å². The summed E-state index contributed by atoms with van der Waals surface area (Å²) in [4.78, 5) is 29.1. The summed E-state index contributed by atoms with van der Waals surface area (Å²) in [5.41, 5.74) is 3.93. The predicted molar refractivity (Wildman–Crippen MR) is 121 cm³/mol. The largest absolute Gasteiger partial charge is 0.497 e. The van der Waals surface area contributed by atoms with Gasteiger partial charge in [-0.2, -0.15) is 0 Å². The third-order valence-corrected chi connectivity index (χ3v) is 6.89. The van der Waals surface area contributed by atoms with Gasteiger partial charge in [-0.05, 0) is 41.0 Å². The molecule has 0 bridgehead atoms. The Bertz CT molecular complexity index is 1120. The highest BCUT2D eigenvalue weighted by molar-refractivity contribution is 6.30. The first-order valence-electron chi connectivity index (χ1n) is 10.6. The molecule has 0 aromatic heterocycles. The van der Waals surface area contributed by atoms with Gasteiger partial charge in [0.05, 0.1) is 19.6 Å². The average Bonchev–Trinajstić information content (AvgIpc) is 3.12. The van der Waals surface area contributed by atoms with Crippen LogP contribution in [0.1, 0.15) is 29.5 Å². The summed E-state index contributed by atoms with van der Waals surface area (Å²) in [6, 6.07) is 13.4. The van der Waals surface area contributed by atoms with E-state index >= 15 is 0 Å². The van der Waals surface area contributed by atoms with E-state index in [1.165, 1.54) is 0 Å². The number of nitrogens with zero attached hydrogens (tertiary/aromatic N) is 2. The van der Waals surface area contributed by atoms with Crippen LogP contribution in [0.2, 0.25) is 5.02 Å². The summed E-state index contributed by atoms with van der Waals surface area (Å²) >= 11 is 6.16. The number of fused-ring (bicyclic) bond motifs is 4. The number of nitrogens with one attached hydrogen (secondary N) is 1. The summed E-state index contributed by atoms with van der Waals surface area (Å²) in [5, 5.41) is 13.4. The summed E-state index contributed by atoms with van der Waals surface area (Å²) in [7, 11) is 1.65. The van der Waals surface area contributed by atoms with Crippen LogP contribution in [-0.4, -0.2) is 55.2 Å². The van der Waals surface area contributed by atoms with Crippen molar-refractivity contribution < 1.29 is 19.4 Å². The number of hydrogen-bond donors (Lipinski definition) is 2. The molecule has 2 aliphatic heterocycles. The van der Waals surface area contributed by atoms with Gasteiger partial charge in [0.1, 0.15) is 11.4 Å². The van der Waals surface area contributed by atoms with Crippen molar-refractivity contribution in [2.45, 2.75) is 18.4 Å². The molecular formula is C24H24ClN3O4. The van der Waals surface area contributed by atoms with E-state index in [9.17, 15) is 14.7 Å². The Hall–Kier alpha value is -3.19. The van der Waals surface area contributed by atoms with Crippen LogP contribution in [0.25, 0.3) is 0 Å². The van der Waals surface area contributed by atoms with E-state index < -0.39 is 5.97 Å². The zero-order valence-corrected chi connectivity index (χ0v) is 18.4. The first-order chi connectivity index (χ1) is 15.5. The van der Waals surface area contributed by atoms with Crippen LogP contribution in [-0.2, 0) is 9.59 Å². The van der Waals surface area contributed by atoms with Crippen molar-refractivity contribution in [2.75, 3.05) is 38.2 Å². The molecule has 2 atom stereocenters. The number of ether oxygens (including phenoxy) is 1. The van der Waals surface area contributed by atoms with Crippen LogP contribution >= 0.6 is 11.6 Å². The first-order valence-corrected chi connectivity index (χ1v) is 11.0. The van der Waals surface area contributed by atoms with E-state index in [4.69, 9.17) is 16.3 Å². The van der Waals surface area contributed by atoms with E-state index in [2.05, 4.69) is 10.2 Å². The number of carboxylic acids is 1. The molecule has 7 nitrogen and oxygen atoms in total. The quantitative estimate of drug-likeness (QED) is 0.723. The van der Waals surface area contributed by atoms with Gasteiger partial charge in [0, 0.05) is 48.9 Å². The maximum atomic E-state index is 13.1. The predicted octanol–water partition coefficient (Wildman–Crippen LogP) is 3.17. The van der Waals surface area contributed by atoms with Crippen LogP contribution in [0.15, 0.2) is 53.7 Å². The Kier molecular flexibility index (Phi) is 5.21. The minimum atomic E-state index is -1.03. The summed E-state index contributed by atoms with van der Waals surface area (Å²) in [6.07, 6.45) is 0.0981. The van der Waals surface area contributed by atoms with Gasteiger partial charge >= 0.3 is 5.97 Å². The fourth-order valence-electron chi connectivity index (χ4n) is 5.01. The van der Waals surface area contributed by atoms with Crippen LogP contribution in [0.3, 0.4) is 0 Å². The molecule has 2 aromatic rings. The fourth-order valence-corrected chi connectivity index (χ4v) is 5.19. The second-order valence-electron chi connectivity index (χ2n) is 8.32. The van der Waals surface area contributed by atoms with Crippen LogP contribution in [0.5, 0.6) is 5.75 Å². The van der Waals surface area contributed by atoms with Crippen LogP contribution < -0.4 is 15.0 Å². The smallest absolute Gasteiger partial charge is 0.351 e. The maximum absolute atomic E-state index is 13.1. The monoisotopic (exact) mass is 453 g/mol. The summed E-state index contributed by atoms with van der Waals surface area (Å²) in [6.45, 7) is 2.62. The summed E-state index contributed by atoms with van der Waals surface area (Å²) in [5.74, 6) is -0.376. The fraction of sp³-hybridized carbons (Fsp3) is 0.333. The normalized spacial score (nSPS) is 21.4. The highest BCUT2D eigenvalue weighted by atomic mass is 35.5. The van der Waals surface area contributed by atoms with Crippen molar-refractivity contribution in [2.24, 2.45) is 0 Å². The van der Waals surface area contributed by atoms with Gasteiger partial charge in [0.2, 0.25) is 5.91 Å². The van der Waals surface area contributed by atoms with Crippen molar-refractivity contribution >= 4 is 29.2 Å². The number of halogens is 1. The number of piperazine rings is 1. The lowest BCUT2D eigenvalue weighted by molar-refractivity contribution is -0.133. The molecule has 2 N–H and O–H groups in total. The number of carboxylic acid groups (broad SMARTS) is 1. The van der Waals surface area contributed by atoms with Gasteiger partial charge in [-0.15, -0.1) is 0 Å². The molecule has 1 aliphatic carbocycles. The number of anilines is 1. The lowest BCUT2D eigenvalue weighted by atomic mass is 9.70. The molecule has 1 unspecified atom stereocenters. The van der Waals surface area contributed by atoms with Crippen molar-refractivity contribution in [3.05, 3.63) is 69.9 Å². The molecule has 3 aliphatic rings. The second kappa shape index (κ2) is 8.06. The molecule has 1 fully saturated rings. The third-order valence-electron chi connectivity index (χ3n) is 6.66. The van der Waals surface area contributed by atoms with E-state index in [-0.39, 0.29) is 30.0 Å². The van der Waals surface area contributed by atoms with E-state index in [1.807, 2.05) is 47.4 Å². The number of carbonyl (C=O) groups excluding carboxylic acids is 1. The van der Waals surface area contributed by atoms with Crippen molar-refractivity contribution in [1.82, 2.24) is 10.2 Å². The standard InChI is InChI=1S/C24H24ClN3O4/c1-32-16-4-2-3-15(12-16)27-7-9-28(10-8-27)20(29)13-19-21-18-11-14(25)5-6-17(18)22(21)26-23(19)24(30)31/h2-6,11-12,21-22,26H,7-10,13H2,1H3,(H,30,31)/t21-,22?/m1/s1. The molecule has 1 saturated heterocycles. The number of methoxy groups -OCH3 is 1. The molecular weight excluding hydrogens is 430 g/mol. The minimum Gasteiger partial charge on any atom is -0.497 e. The van der Waals surface area contributed by atoms with Crippen molar-refractivity contribution in [3.8, 4) is 5.75 Å². The zero-order chi connectivity index (χ0) is 22.4. The lowest BCUT2D eigenvalue weighted by Crippen LogP contribution is -2.49. The van der Waals surface area contributed by atoms with Gasteiger partial charge < -0.3 is 25.0 Å². The lowest BCUT2D eigenvalue weighted by Gasteiger charge is -2.38. The Morgan fingerprint density at radius 2 is 1.91 bits per heavy atom. The highest BCUT2D eigenvalue weighted by Gasteiger charge is 2.48. The van der Waals surface area contributed by atoms with E-state index in [1.54, 1.807) is 7.11 Å². The van der Waals surface area contributed by atoms with Crippen LogP contribution in [0, 0.1) is 0 Å². The van der Waals surface area contributed by atoms with Crippen molar-refractivity contribution in [3.63, 3.8) is 0 Å². The number of benzene rings is 2.